The van der Waals surface area contributed by atoms with Crippen molar-refractivity contribution >= 4 is 19.4 Å². The second-order valence-corrected chi connectivity index (χ2v) is 3.11. The molecule has 0 aliphatic heterocycles. The second-order valence-electron chi connectivity index (χ2n) is 1.56. The van der Waals surface area contributed by atoms with Crippen LogP contribution in [0.3, 0.4) is 0 Å². The fourth-order valence-corrected chi connectivity index (χ4v) is 0.674. The van der Waals surface area contributed by atoms with Gasteiger partial charge in [0.2, 0.25) is 0 Å². The van der Waals surface area contributed by atoms with E-state index in [9.17, 15) is 9.67 Å². The standard InChI is InChI=1S/C3H7ClO5P.Na/c4-1-3(5)2-9-10(6,7)8;/h3H,1-2H2,(H2,6,7,8);/q-1;+1. The molecule has 0 saturated carbocycles. The zero-order valence-electron chi connectivity index (χ0n) is 5.94. The van der Waals surface area contributed by atoms with Crippen LogP contribution in [0, 0.1) is 0 Å². The summed E-state index contributed by atoms with van der Waals surface area (Å²) >= 11 is 5.04. The van der Waals surface area contributed by atoms with Crippen LogP contribution in [-0.4, -0.2) is 28.4 Å². The van der Waals surface area contributed by atoms with Gasteiger partial charge >= 0.3 is 37.4 Å². The van der Waals surface area contributed by atoms with Crippen molar-refractivity contribution in [2.24, 2.45) is 0 Å². The first-order valence-corrected chi connectivity index (χ1v) is 4.44. The van der Waals surface area contributed by atoms with Gasteiger partial charge in [-0.1, -0.05) is 6.10 Å². The molecule has 5 nitrogen and oxygen atoms in total. The van der Waals surface area contributed by atoms with Crippen LogP contribution in [-0.2, 0) is 9.09 Å². The maximum atomic E-state index is 10.3. The number of phosphoric ester groups is 1. The molecule has 0 aromatic rings. The van der Waals surface area contributed by atoms with Gasteiger partial charge in [0.15, 0.2) is 0 Å². The first kappa shape index (κ1) is 14.9. The van der Waals surface area contributed by atoms with E-state index in [1.165, 1.54) is 0 Å². The van der Waals surface area contributed by atoms with E-state index in [0.717, 1.165) is 0 Å². The molecule has 0 aliphatic rings. The quantitative estimate of drug-likeness (QED) is 0.282. The third-order valence-corrected chi connectivity index (χ3v) is 1.43. The smallest absolute Gasteiger partial charge is 0.849 e. The third kappa shape index (κ3) is 11.4. The molecule has 1 atom stereocenters. The van der Waals surface area contributed by atoms with Crippen LogP contribution in [0.2, 0.25) is 0 Å². The molecular weight excluding hydrogens is 205 g/mol. The van der Waals surface area contributed by atoms with Crippen LogP contribution >= 0.6 is 19.4 Å². The summed E-state index contributed by atoms with van der Waals surface area (Å²) in [6.07, 6.45) is -1.28. The van der Waals surface area contributed by atoms with Crippen LogP contribution in [0.4, 0.5) is 0 Å². The third-order valence-electron chi connectivity index (χ3n) is 0.601. The molecule has 0 saturated heterocycles. The van der Waals surface area contributed by atoms with Crippen molar-refractivity contribution in [1.29, 1.82) is 0 Å². The number of hydrogen-bond donors (Lipinski definition) is 2. The molecule has 0 aromatic heterocycles. The molecule has 0 radical (unpaired) electrons. The Morgan fingerprint density at radius 1 is 1.64 bits per heavy atom. The average molecular weight is 213 g/mol. The molecule has 0 aliphatic carbocycles. The van der Waals surface area contributed by atoms with E-state index < -0.39 is 20.5 Å². The molecule has 1 unspecified atom stereocenters. The van der Waals surface area contributed by atoms with Crippen LogP contribution in [0.25, 0.3) is 0 Å². The van der Waals surface area contributed by atoms with Crippen molar-refractivity contribution in [3.63, 3.8) is 0 Å². The fraction of sp³-hybridized carbons (Fsp3) is 1.00. The molecule has 0 fully saturated rings. The van der Waals surface area contributed by atoms with E-state index in [2.05, 4.69) is 4.52 Å². The SMILES string of the molecule is O=P(O)(O)OCC([O-])CCl.[Na+]. The summed E-state index contributed by atoms with van der Waals surface area (Å²) in [6.45, 7) is -0.562. The number of alkyl halides is 1. The van der Waals surface area contributed by atoms with Gasteiger partial charge in [-0.2, -0.15) is 0 Å². The fourth-order valence-electron chi connectivity index (χ4n) is 0.225. The molecule has 0 amide bonds. The Balaban J connectivity index is 0. The monoisotopic (exact) mass is 212 g/mol. The Labute approximate surface area is 91.2 Å². The Morgan fingerprint density at radius 3 is 2.36 bits per heavy atom. The van der Waals surface area contributed by atoms with Gasteiger partial charge in [0.25, 0.3) is 0 Å². The van der Waals surface area contributed by atoms with Crippen molar-refractivity contribution in [3.05, 3.63) is 0 Å². The molecule has 8 heteroatoms. The van der Waals surface area contributed by atoms with Crippen molar-refractivity contribution in [3.8, 4) is 0 Å². The Kier molecular flexibility index (Phi) is 9.23. The summed E-state index contributed by atoms with van der Waals surface area (Å²) in [5, 5.41) is 10.3. The van der Waals surface area contributed by atoms with Crippen molar-refractivity contribution in [1.82, 2.24) is 0 Å². The molecule has 0 spiro atoms. The minimum atomic E-state index is -4.49. The number of hydrogen-bond acceptors (Lipinski definition) is 3. The van der Waals surface area contributed by atoms with Gasteiger partial charge in [-0.3, -0.25) is 4.52 Å². The summed E-state index contributed by atoms with van der Waals surface area (Å²) in [5.41, 5.74) is 0. The molecule has 0 rings (SSSR count). The average Bonchev–Trinajstić information content (AvgIpc) is 1.81. The van der Waals surface area contributed by atoms with E-state index in [1.54, 1.807) is 0 Å². The van der Waals surface area contributed by atoms with Crippen LogP contribution in [0.1, 0.15) is 0 Å². The second kappa shape index (κ2) is 6.83. The first-order valence-electron chi connectivity index (χ1n) is 2.37. The van der Waals surface area contributed by atoms with Crippen molar-refractivity contribution in [2.75, 3.05) is 12.5 Å². The summed E-state index contributed by atoms with van der Waals surface area (Å²) < 4.78 is 13.8. The Bertz CT molecular complexity index is 138. The minimum absolute atomic E-state index is 0. The molecule has 0 bridgehead atoms. The van der Waals surface area contributed by atoms with Gasteiger partial charge in [-0.05, 0) is 0 Å². The number of phosphoric acid groups is 1. The number of rotatable bonds is 4. The largest absolute Gasteiger partial charge is 1.00 e. The topological polar surface area (TPSA) is 89.8 Å². The van der Waals surface area contributed by atoms with Crippen LogP contribution < -0.4 is 34.7 Å². The first-order chi connectivity index (χ1) is 4.45. The number of halogens is 1. The molecule has 0 aromatic carbocycles. The van der Waals surface area contributed by atoms with E-state index in [0.29, 0.717) is 0 Å². The molecular formula is C3H7ClNaO5P. The Hall–Kier alpha value is 1.36. The molecule has 2 N–H and O–H groups in total. The van der Waals surface area contributed by atoms with E-state index >= 15 is 0 Å². The minimum Gasteiger partial charge on any atom is -0.849 e. The van der Waals surface area contributed by atoms with E-state index in [1.807, 2.05) is 0 Å². The zero-order valence-corrected chi connectivity index (χ0v) is 9.59. The predicted molar refractivity (Wildman–Crippen MR) is 32.5 cm³/mol. The van der Waals surface area contributed by atoms with Gasteiger partial charge in [0.1, 0.15) is 0 Å². The zero-order chi connectivity index (χ0) is 8.20. The van der Waals surface area contributed by atoms with Crippen LogP contribution in [0.15, 0.2) is 0 Å². The van der Waals surface area contributed by atoms with Crippen molar-refractivity contribution in [2.45, 2.75) is 6.10 Å². The molecule has 11 heavy (non-hydrogen) atoms. The summed E-state index contributed by atoms with van der Waals surface area (Å²) in [7, 11) is -4.49. The van der Waals surface area contributed by atoms with Gasteiger partial charge < -0.3 is 14.9 Å². The van der Waals surface area contributed by atoms with E-state index in [-0.39, 0.29) is 35.4 Å². The van der Waals surface area contributed by atoms with Crippen molar-refractivity contribution < 1.29 is 53.5 Å². The van der Waals surface area contributed by atoms with Crippen LogP contribution in [0.5, 0.6) is 0 Å². The van der Waals surface area contributed by atoms with Gasteiger partial charge in [-0.25, -0.2) is 4.57 Å². The normalized spacial score (nSPS) is 13.8. The maximum absolute atomic E-state index is 10.3. The summed E-state index contributed by atoms with van der Waals surface area (Å²) in [5.74, 6) is -0.222. The van der Waals surface area contributed by atoms with Gasteiger partial charge in [0, 0.05) is 12.5 Å². The predicted octanol–water partition coefficient (Wildman–Crippen LogP) is -3.93. The van der Waals surface area contributed by atoms with Gasteiger partial charge in [0.05, 0.1) is 0 Å². The van der Waals surface area contributed by atoms with Gasteiger partial charge in [-0.15, -0.1) is 11.6 Å². The Morgan fingerprint density at radius 2 is 2.09 bits per heavy atom. The molecule has 0 heterocycles. The molecule has 62 valence electrons. The maximum Gasteiger partial charge on any atom is 1.00 e. The summed E-state index contributed by atoms with van der Waals surface area (Å²) in [4.78, 5) is 16.1. The summed E-state index contributed by atoms with van der Waals surface area (Å²) in [6, 6.07) is 0. The van der Waals surface area contributed by atoms with E-state index in [4.69, 9.17) is 21.4 Å².